The van der Waals surface area contributed by atoms with Crippen molar-refractivity contribution in [2.24, 2.45) is 11.8 Å². The summed E-state index contributed by atoms with van der Waals surface area (Å²) in [4.78, 5) is 0. The standard InChI is InChI=1S/2C22H19.C2H6Si.2ClH.Zr/c2*1-15(2)18-13-17-9-6-12-21(22(17)14-18)20-11-5-8-16-7-3-4-10-19(16)20;1-3-2;;;/h2*3-15H,1-2H3;1-2H3;2*1H;/q;;;;;+2/p-2. The molecular weight excluding hydrogens is 743 g/mol. The molecule has 250 valence electrons. The summed E-state index contributed by atoms with van der Waals surface area (Å²) in [6, 6.07) is 45.9. The summed E-state index contributed by atoms with van der Waals surface area (Å²) in [7, 11) is 0. The Hall–Kier alpha value is -3.00. The molecule has 0 aromatic heterocycles. The summed E-state index contributed by atoms with van der Waals surface area (Å²) in [6.07, 6.45) is 5.29. The average Bonchev–Trinajstić information content (AvgIpc) is 3.68. The second-order valence-electron chi connectivity index (χ2n) is 14.6. The topological polar surface area (TPSA) is 0 Å². The van der Waals surface area contributed by atoms with Gasteiger partial charge in [-0.1, -0.05) is 0 Å². The van der Waals surface area contributed by atoms with Crippen LogP contribution < -0.4 is 24.8 Å². The van der Waals surface area contributed by atoms with Gasteiger partial charge in [0, 0.05) is 0 Å². The van der Waals surface area contributed by atoms with Crippen LogP contribution in [0.3, 0.4) is 0 Å². The van der Waals surface area contributed by atoms with Crippen LogP contribution in [0.25, 0.3) is 56.0 Å². The van der Waals surface area contributed by atoms with Crippen LogP contribution >= 0.6 is 0 Å². The first-order chi connectivity index (χ1) is 23.3. The van der Waals surface area contributed by atoms with Gasteiger partial charge in [0.1, 0.15) is 0 Å². The molecule has 0 nitrogen and oxygen atoms in total. The van der Waals surface area contributed by atoms with E-state index in [0.717, 1.165) is 0 Å². The summed E-state index contributed by atoms with van der Waals surface area (Å²) < 4.78 is 1.20. The average molecular weight is 787 g/mol. The molecule has 0 saturated carbocycles. The van der Waals surface area contributed by atoms with Gasteiger partial charge in [-0.2, -0.15) is 0 Å². The van der Waals surface area contributed by atoms with Crippen LogP contribution in [0, 0.1) is 11.8 Å². The zero-order valence-electron chi connectivity index (χ0n) is 29.8. The molecule has 0 N–H and O–H groups in total. The van der Waals surface area contributed by atoms with Crippen LogP contribution in [-0.2, 0) is 20.4 Å². The fraction of sp³-hybridized carbons (Fsp3) is 0.217. The summed E-state index contributed by atoms with van der Waals surface area (Å²) >= 11 is -2.31. The van der Waals surface area contributed by atoms with Gasteiger partial charge in [0.2, 0.25) is 0 Å². The number of hydrogen-bond acceptors (Lipinski definition) is 0. The van der Waals surface area contributed by atoms with E-state index < -0.39 is 25.8 Å². The van der Waals surface area contributed by atoms with Gasteiger partial charge in [-0.05, 0) is 0 Å². The number of allylic oxidation sites excluding steroid dienone is 2. The molecule has 2 unspecified atom stereocenters. The van der Waals surface area contributed by atoms with E-state index in [9.17, 15) is 0 Å². The number of benzene rings is 6. The van der Waals surface area contributed by atoms with E-state index >= 15 is 0 Å². The van der Waals surface area contributed by atoms with Gasteiger partial charge in [-0.15, -0.1) is 0 Å². The Bertz CT molecular complexity index is 2170. The minimum atomic E-state index is -2.31. The van der Waals surface area contributed by atoms with E-state index in [1.54, 1.807) is 22.3 Å². The van der Waals surface area contributed by atoms with Gasteiger partial charge in [0.25, 0.3) is 0 Å². The van der Waals surface area contributed by atoms with E-state index in [0.29, 0.717) is 19.1 Å². The molecule has 0 saturated heterocycles. The Kier molecular flexibility index (Phi) is 11.0. The first kappa shape index (κ1) is 36.8. The minimum Gasteiger partial charge on any atom is -1.00 e. The molecule has 2 aliphatic carbocycles. The summed E-state index contributed by atoms with van der Waals surface area (Å²) in [5.41, 5.74) is 14.6. The number of halogens is 2. The quantitative estimate of drug-likeness (QED) is 0.158. The first-order valence-corrected chi connectivity index (χ1v) is 26.7. The van der Waals surface area contributed by atoms with Crippen LogP contribution in [0.4, 0.5) is 0 Å². The first-order valence-electron chi connectivity index (χ1n) is 17.7. The van der Waals surface area contributed by atoms with Crippen LogP contribution in [-0.4, -0.2) is 5.43 Å². The molecule has 0 fully saturated rings. The molecule has 6 aromatic rings. The van der Waals surface area contributed by atoms with Crippen molar-refractivity contribution in [3.05, 3.63) is 155 Å². The molecule has 50 heavy (non-hydrogen) atoms. The third kappa shape index (κ3) is 6.15. The Morgan fingerprint density at radius 2 is 0.820 bits per heavy atom. The monoisotopic (exact) mass is 784 g/mol. The Balaban J connectivity index is 0.00000216. The second-order valence-corrected chi connectivity index (χ2v) is 32.5. The molecule has 4 heteroatoms. The predicted molar refractivity (Wildman–Crippen MR) is 207 cm³/mol. The fourth-order valence-corrected chi connectivity index (χ4v) is 29.7. The van der Waals surface area contributed by atoms with Gasteiger partial charge in [0.05, 0.1) is 0 Å². The van der Waals surface area contributed by atoms with Crippen LogP contribution in [0.2, 0.25) is 13.1 Å². The van der Waals surface area contributed by atoms with Crippen LogP contribution in [0.5, 0.6) is 0 Å². The summed E-state index contributed by atoms with van der Waals surface area (Å²) in [6.45, 7) is 15.1. The van der Waals surface area contributed by atoms with Crippen molar-refractivity contribution in [1.82, 2.24) is 0 Å². The SMILES string of the molecule is CC(C)C1=Cc2c(-c3cccc4ccccc34)cccc2[CH]1[Zr+2]([CH]1C(C(C)C)=Cc2c(-c3cccc4ccccc34)cccc21)=[Si](C)C.[Cl-].[Cl-]. The Morgan fingerprint density at radius 3 is 1.22 bits per heavy atom. The molecule has 8 rings (SSSR count). The van der Waals surface area contributed by atoms with E-state index in [2.05, 4.69) is 174 Å². The smallest absolute Gasteiger partial charge is 1.00 e. The van der Waals surface area contributed by atoms with Crippen molar-refractivity contribution in [3.8, 4) is 22.3 Å². The zero-order valence-corrected chi connectivity index (χ0v) is 34.7. The molecule has 0 spiro atoms. The fourth-order valence-electron chi connectivity index (χ4n) is 8.68. The van der Waals surface area contributed by atoms with Gasteiger partial charge < -0.3 is 24.8 Å². The van der Waals surface area contributed by atoms with E-state index in [1.165, 1.54) is 54.9 Å². The zero-order chi connectivity index (χ0) is 33.1. The molecular formula is C46H44Cl2SiZr. The second kappa shape index (κ2) is 14.9. The molecule has 2 aliphatic rings. The van der Waals surface area contributed by atoms with Gasteiger partial charge in [-0.3, -0.25) is 0 Å². The summed E-state index contributed by atoms with van der Waals surface area (Å²) in [5.74, 6) is 1.04. The van der Waals surface area contributed by atoms with Crippen molar-refractivity contribution in [2.45, 2.75) is 48.0 Å². The predicted octanol–water partition coefficient (Wildman–Crippen LogP) is 7.09. The molecule has 0 heterocycles. The third-order valence-electron chi connectivity index (χ3n) is 10.9. The van der Waals surface area contributed by atoms with E-state index in [-0.39, 0.29) is 24.8 Å². The molecule has 2 atom stereocenters. The largest absolute Gasteiger partial charge is 1.00 e. The maximum Gasteiger partial charge on any atom is -1.00 e. The number of fused-ring (bicyclic) bond motifs is 4. The number of hydrogen-bond donors (Lipinski definition) is 0. The van der Waals surface area contributed by atoms with Crippen molar-refractivity contribution in [1.29, 1.82) is 0 Å². The van der Waals surface area contributed by atoms with Crippen LogP contribution in [0.1, 0.15) is 57.2 Å². The molecule has 0 bridgehead atoms. The van der Waals surface area contributed by atoms with Crippen molar-refractivity contribution >= 4 is 39.1 Å². The molecule has 6 aromatic carbocycles. The Morgan fingerprint density at radius 1 is 0.460 bits per heavy atom. The third-order valence-corrected chi connectivity index (χ3v) is 30.2. The molecule has 0 amide bonds. The molecule has 0 aliphatic heterocycles. The van der Waals surface area contributed by atoms with Crippen LogP contribution in [0.15, 0.2) is 132 Å². The van der Waals surface area contributed by atoms with Crippen molar-refractivity contribution in [2.75, 3.05) is 0 Å². The van der Waals surface area contributed by atoms with Gasteiger partial charge in [0.15, 0.2) is 0 Å². The number of rotatable bonds is 6. The maximum atomic E-state index is 2.66. The summed E-state index contributed by atoms with van der Waals surface area (Å²) in [5, 5.41) is 5.33. The Labute approximate surface area is 318 Å². The maximum absolute atomic E-state index is 2.66. The van der Waals surface area contributed by atoms with E-state index in [1.807, 2.05) is 0 Å². The normalized spacial score (nSPS) is 15.9. The van der Waals surface area contributed by atoms with Crippen molar-refractivity contribution in [3.63, 3.8) is 0 Å². The minimum absolute atomic E-state index is 0. The molecule has 0 radical (unpaired) electrons. The van der Waals surface area contributed by atoms with Crippen molar-refractivity contribution < 1.29 is 45.2 Å². The van der Waals surface area contributed by atoms with Gasteiger partial charge >= 0.3 is 296 Å². The van der Waals surface area contributed by atoms with E-state index in [4.69, 9.17) is 0 Å². The van der Waals surface area contributed by atoms with Gasteiger partial charge in [-0.25, -0.2) is 0 Å².